The van der Waals surface area contributed by atoms with Crippen molar-refractivity contribution in [2.75, 3.05) is 11.8 Å². The maximum Gasteiger partial charge on any atom is 0.271 e. The Morgan fingerprint density at radius 3 is 2.62 bits per heavy atom. The largest absolute Gasteiger partial charge is 0.593 e. The lowest BCUT2D eigenvalue weighted by atomic mass is 10.2. The van der Waals surface area contributed by atoms with E-state index in [2.05, 4.69) is 14.9 Å². The second-order valence-corrected chi connectivity index (χ2v) is 8.62. The fourth-order valence-electron chi connectivity index (χ4n) is 2.83. The van der Waals surface area contributed by atoms with Crippen LogP contribution in [0.15, 0.2) is 66.0 Å². The van der Waals surface area contributed by atoms with E-state index in [-0.39, 0.29) is 0 Å². The molecule has 9 heteroatoms. The number of aromatic nitrogens is 3. The Hall–Kier alpha value is -2.52. The van der Waals surface area contributed by atoms with E-state index in [1.54, 1.807) is 30.6 Å². The number of anilines is 1. The first-order chi connectivity index (χ1) is 14.2. The molecule has 2 heterocycles. The van der Waals surface area contributed by atoms with Crippen LogP contribution in [0.25, 0.3) is 16.4 Å². The topological polar surface area (TPSA) is 75.0 Å². The van der Waals surface area contributed by atoms with Crippen molar-refractivity contribution in [2.24, 2.45) is 0 Å². The Morgan fingerprint density at radius 2 is 1.90 bits per heavy atom. The minimum absolute atomic E-state index is 0.310. The third-order valence-electron chi connectivity index (χ3n) is 4.15. The molecule has 2 aromatic heterocycles. The fourth-order valence-corrected chi connectivity index (χ4v) is 4.56. The van der Waals surface area contributed by atoms with Gasteiger partial charge in [0.05, 0.1) is 29.0 Å². The lowest BCUT2D eigenvalue weighted by molar-refractivity contribution is 0.413. The Labute approximate surface area is 180 Å². The summed E-state index contributed by atoms with van der Waals surface area (Å²) in [7, 11) is 1.61. The third-order valence-corrected chi connectivity index (χ3v) is 6.27. The second-order valence-electron chi connectivity index (χ2n) is 6.05. The van der Waals surface area contributed by atoms with Crippen molar-refractivity contribution in [3.63, 3.8) is 0 Å². The zero-order valence-corrected chi connectivity index (χ0v) is 17.8. The molecular weight excluding hydrogens is 428 g/mol. The van der Waals surface area contributed by atoms with Crippen molar-refractivity contribution >= 4 is 40.2 Å². The van der Waals surface area contributed by atoms with Gasteiger partial charge in [-0.1, -0.05) is 41.9 Å². The van der Waals surface area contributed by atoms with Gasteiger partial charge in [-0.2, -0.15) is 4.72 Å². The molecule has 0 aliphatic heterocycles. The predicted octanol–water partition coefficient (Wildman–Crippen LogP) is 4.93. The van der Waals surface area contributed by atoms with Crippen LogP contribution in [0.3, 0.4) is 0 Å². The molecule has 0 fully saturated rings. The van der Waals surface area contributed by atoms with Crippen molar-refractivity contribution in [3.8, 4) is 22.1 Å². The van der Waals surface area contributed by atoms with Gasteiger partial charge in [-0.3, -0.25) is 4.57 Å². The van der Waals surface area contributed by atoms with Crippen LogP contribution in [0.1, 0.15) is 5.56 Å². The highest BCUT2D eigenvalue weighted by molar-refractivity contribution is 7.91. The highest BCUT2D eigenvalue weighted by Crippen LogP contribution is 2.33. The highest BCUT2D eigenvalue weighted by atomic mass is 35.5. The Kier molecular flexibility index (Phi) is 6.05. The zero-order chi connectivity index (χ0) is 20.2. The number of nitrogens with one attached hydrogen (secondary N) is 1. The SMILES string of the molecule is COc1ccccc1-n1c(N[S+]([O-])Cc2ccc(Cl)cc2)nnc1-c1cccs1. The van der Waals surface area contributed by atoms with Crippen LogP contribution in [-0.2, 0) is 17.1 Å². The maximum atomic E-state index is 12.8. The molecule has 0 aliphatic rings. The first kappa shape index (κ1) is 19.8. The smallest absolute Gasteiger partial charge is 0.271 e. The number of hydrogen-bond donors (Lipinski definition) is 1. The van der Waals surface area contributed by atoms with Crippen LogP contribution in [0.2, 0.25) is 5.02 Å². The summed E-state index contributed by atoms with van der Waals surface area (Å²) in [4.78, 5) is 0.944. The molecule has 0 spiro atoms. The molecule has 0 amide bonds. The molecule has 4 aromatic rings. The van der Waals surface area contributed by atoms with Crippen LogP contribution < -0.4 is 9.46 Å². The summed E-state index contributed by atoms with van der Waals surface area (Å²) in [5.41, 5.74) is 1.66. The number of benzene rings is 2. The fraction of sp³-hybridized carbons (Fsp3) is 0.100. The van der Waals surface area contributed by atoms with Crippen molar-refractivity contribution in [3.05, 3.63) is 76.6 Å². The molecule has 29 heavy (non-hydrogen) atoms. The van der Waals surface area contributed by atoms with E-state index in [4.69, 9.17) is 16.3 Å². The van der Waals surface area contributed by atoms with Gasteiger partial charge >= 0.3 is 0 Å². The van der Waals surface area contributed by atoms with Crippen LogP contribution in [-0.4, -0.2) is 26.4 Å². The van der Waals surface area contributed by atoms with Crippen molar-refractivity contribution in [1.29, 1.82) is 0 Å². The van der Waals surface area contributed by atoms with E-state index >= 15 is 0 Å². The normalized spacial score (nSPS) is 12.0. The first-order valence-corrected chi connectivity index (χ1v) is 11.3. The zero-order valence-electron chi connectivity index (χ0n) is 15.4. The van der Waals surface area contributed by atoms with Gasteiger partial charge in [-0.15, -0.1) is 21.5 Å². The van der Waals surface area contributed by atoms with Crippen LogP contribution >= 0.6 is 22.9 Å². The monoisotopic (exact) mass is 444 g/mol. The molecule has 0 radical (unpaired) electrons. The van der Waals surface area contributed by atoms with Crippen LogP contribution in [0.5, 0.6) is 5.75 Å². The van der Waals surface area contributed by atoms with E-state index in [9.17, 15) is 4.55 Å². The lowest BCUT2D eigenvalue weighted by Gasteiger charge is -2.15. The van der Waals surface area contributed by atoms with E-state index < -0.39 is 11.4 Å². The van der Waals surface area contributed by atoms with Gasteiger partial charge < -0.3 is 9.29 Å². The van der Waals surface area contributed by atoms with Gasteiger partial charge in [0.2, 0.25) is 0 Å². The van der Waals surface area contributed by atoms with Crippen LogP contribution in [0.4, 0.5) is 5.95 Å². The minimum Gasteiger partial charge on any atom is -0.593 e. The molecule has 1 N–H and O–H groups in total. The van der Waals surface area contributed by atoms with Gasteiger partial charge in [-0.05, 0) is 35.7 Å². The molecule has 0 bridgehead atoms. The van der Waals surface area contributed by atoms with Crippen LogP contribution in [0, 0.1) is 0 Å². The summed E-state index contributed by atoms with van der Waals surface area (Å²) in [6.07, 6.45) is 0. The van der Waals surface area contributed by atoms with Crippen molar-refractivity contribution < 1.29 is 9.29 Å². The molecule has 148 valence electrons. The van der Waals surface area contributed by atoms with Gasteiger partial charge in [0, 0.05) is 10.6 Å². The van der Waals surface area contributed by atoms with E-state index in [0.717, 1.165) is 16.1 Å². The number of nitrogens with zero attached hydrogens (tertiary/aromatic N) is 3. The number of methoxy groups -OCH3 is 1. The maximum absolute atomic E-state index is 12.8. The Bertz CT molecular complexity index is 1080. The number of ether oxygens (including phenoxy) is 1. The summed E-state index contributed by atoms with van der Waals surface area (Å²) in [5.74, 6) is 2.00. The quantitative estimate of drug-likeness (QED) is 0.409. The molecule has 1 unspecified atom stereocenters. The van der Waals surface area contributed by atoms with Crippen molar-refractivity contribution in [2.45, 2.75) is 5.75 Å². The summed E-state index contributed by atoms with van der Waals surface area (Å²) >= 11 is 6.07. The first-order valence-electron chi connectivity index (χ1n) is 8.68. The number of thiophene rings is 1. The number of para-hydroxylation sites is 2. The second kappa shape index (κ2) is 8.87. The van der Waals surface area contributed by atoms with E-state index in [1.165, 1.54) is 0 Å². The number of hydrogen-bond acceptors (Lipinski definition) is 6. The summed E-state index contributed by atoms with van der Waals surface area (Å²) in [6.45, 7) is 0. The van der Waals surface area contributed by atoms with Gasteiger partial charge in [0.1, 0.15) is 5.75 Å². The summed E-state index contributed by atoms with van der Waals surface area (Å²) in [5, 5.41) is 11.2. The predicted molar refractivity (Wildman–Crippen MR) is 118 cm³/mol. The number of halogens is 1. The molecule has 6 nitrogen and oxygen atoms in total. The van der Waals surface area contributed by atoms with E-state index in [0.29, 0.717) is 28.3 Å². The highest BCUT2D eigenvalue weighted by Gasteiger charge is 2.22. The number of rotatable bonds is 7. The summed E-state index contributed by atoms with van der Waals surface area (Å²) < 4.78 is 23.1. The Balaban J connectivity index is 1.69. The molecule has 2 aromatic carbocycles. The molecule has 0 saturated heterocycles. The average Bonchev–Trinajstić information content (AvgIpc) is 3.39. The van der Waals surface area contributed by atoms with Crippen molar-refractivity contribution in [1.82, 2.24) is 14.8 Å². The average molecular weight is 445 g/mol. The molecule has 1 atom stereocenters. The van der Waals surface area contributed by atoms with Gasteiger partial charge in [0.15, 0.2) is 11.6 Å². The molecule has 0 aliphatic carbocycles. The minimum atomic E-state index is -1.41. The summed E-state index contributed by atoms with van der Waals surface area (Å²) in [6, 6.07) is 18.7. The standard InChI is InChI=1S/C20H17ClN4O2S2/c1-27-17-6-3-2-5-16(17)25-19(18-7-4-12-28-18)22-23-20(25)24-29(26)13-14-8-10-15(21)11-9-14/h2-12H,13H2,1H3,(H,23,24). The van der Waals surface area contributed by atoms with Gasteiger partial charge in [-0.25, -0.2) is 0 Å². The van der Waals surface area contributed by atoms with E-state index in [1.807, 2.05) is 58.5 Å². The lowest BCUT2D eigenvalue weighted by Crippen LogP contribution is -2.18. The van der Waals surface area contributed by atoms with Gasteiger partial charge in [0.25, 0.3) is 5.95 Å². The Morgan fingerprint density at radius 1 is 1.10 bits per heavy atom. The molecular formula is C20H17ClN4O2S2. The third kappa shape index (κ3) is 4.40. The molecule has 0 saturated carbocycles. The molecule has 4 rings (SSSR count).